The normalized spacial score (nSPS) is 14.1. The third-order valence-corrected chi connectivity index (χ3v) is 4.97. The van der Waals surface area contributed by atoms with Crippen molar-refractivity contribution >= 4 is 40.4 Å². The molecule has 0 atom stereocenters. The number of halogens is 1. The molecule has 1 aliphatic rings. The number of para-hydroxylation sites is 1. The van der Waals surface area contributed by atoms with Crippen molar-refractivity contribution < 1.29 is 4.74 Å². The smallest absolute Gasteiger partial charge is 0.229 e. The van der Waals surface area contributed by atoms with Crippen molar-refractivity contribution in [3.8, 4) is 11.3 Å². The fourth-order valence-corrected chi connectivity index (χ4v) is 3.30. The second kappa shape index (κ2) is 7.92. The molecule has 0 aliphatic carbocycles. The summed E-state index contributed by atoms with van der Waals surface area (Å²) in [6.07, 6.45) is 0. The topological polar surface area (TPSA) is 102 Å². The van der Waals surface area contributed by atoms with Gasteiger partial charge >= 0.3 is 0 Å². The molecule has 0 saturated carbocycles. The summed E-state index contributed by atoms with van der Waals surface area (Å²) >= 11 is 6.33. The molecule has 28 heavy (non-hydrogen) atoms. The van der Waals surface area contributed by atoms with E-state index in [1.54, 1.807) is 6.07 Å². The highest BCUT2D eigenvalue weighted by molar-refractivity contribution is 6.35. The predicted octanol–water partition coefficient (Wildman–Crippen LogP) is 3.54. The summed E-state index contributed by atoms with van der Waals surface area (Å²) in [7, 11) is 0. The molecule has 7 nitrogen and oxygen atoms in total. The molecule has 0 spiro atoms. The van der Waals surface area contributed by atoms with Gasteiger partial charge in [-0.2, -0.15) is 4.98 Å². The van der Waals surface area contributed by atoms with Gasteiger partial charge in [0.15, 0.2) is 0 Å². The number of nitrogens with one attached hydrogen (secondary N) is 1. The van der Waals surface area contributed by atoms with Crippen LogP contribution < -0.4 is 21.7 Å². The maximum Gasteiger partial charge on any atom is 0.229 e. The van der Waals surface area contributed by atoms with E-state index < -0.39 is 0 Å². The Labute approximate surface area is 168 Å². The van der Waals surface area contributed by atoms with Gasteiger partial charge in [-0.25, -0.2) is 4.98 Å². The van der Waals surface area contributed by atoms with Crippen LogP contribution in [0.2, 0.25) is 5.02 Å². The van der Waals surface area contributed by atoms with Gasteiger partial charge in [0.1, 0.15) is 10.8 Å². The average Bonchev–Trinajstić information content (AvgIpc) is 2.72. The summed E-state index contributed by atoms with van der Waals surface area (Å²) in [5.74, 6) is 0.557. The lowest BCUT2D eigenvalue weighted by Gasteiger charge is -2.28. The first-order valence-corrected chi connectivity index (χ1v) is 9.37. The van der Waals surface area contributed by atoms with Gasteiger partial charge in [0.2, 0.25) is 5.95 Å². The van der Waals surface area contributed by atoms with E-state index in [1.807, 2.05) is 30.3 Å². The maximum absolute atomic E-state index is 6.33. The molecule has 3 aromatic rings. The van der Waals surface area contributed by atoms with Crippen LogP contribution in [0.25, 0.3) is 11.3 Å². The molecule has 144 valence electrons. The maximum atomic E-state index is 6.33. The lowest BCUT2D eigenvalue weighted by Crippen LogP contribution is -2.36. The molecule has 0 amide bonds. The summed E-state index contributed by atoms with van der Waals surface area (Å²) < 4.78 is 5.40. The molecule has 2 aromatic carbocycles. The van der Waals surface area contributed by atoms with Crippen LogP contribution in [0.4, 0.5) is 28.8 Å². The van der Waals surface area contributed by atoms with Crippen LogP contribution in [0.1, 0.15) is 0 Å². The second-order valence-electron chi connectivity index (χ2n) is 6.45. The highest BCUT2D eigenvalue weighted by atomic mass is 35.5. The van der Waals surface area contributed by atoms with Gasteiger partial charge in [0.05, 0.1) is 18.9 Å². The fourth-order valence-electron chi connectivity index (χ4n) is 3.12. The molecule has 8 heteroatoms. The van der Waals surface area contributed by atoms with Gasteiger partial charge in [-0.3, -0.25) is 0 Å². The van der Waals surface area contributed by atoms with Gasteiger partial charge in [-0.1, -0.05) is 29.8 Å². The molecule has 1 saturated heterocycles. The quantitative estimate of drug-likeness (QED) is 0.579. The number of nitrogens with zero attached hydrogens (tertiary/aromatic N) is 3. The number of hydrogen-bond acceptors (Lipinski definition) is 7. The Morgan fingerprint density at radius 1 is 0.964 bits per heavy atom. The van der Waals surface area contributed by atoms with Gasteiger partial charge in [-0.15, -0.1) is 0 Å². The van der Waals surface area contributed by atoms with Crippen LogP contribution in [0.3, 0.4) is 0 Å². The van der Waals surface area contributed by atoms with Crippen LogP contribution in [-0.4, -0.2) is 36.3 Å². The Bertz CT molecular complexity index is 973. The third-order valence-electron chi connectivity index (χ3n) is 4.59. The Morgan fingerprint density at radius 2 is 1.68 bits per heavy atom. The average molecular weight is 397 g/mol. The monoisotopic (exact) mass is 396 g/mol. The van der Waals surface area contributed by atoms with E-state index in [0.29, 0.717) is 22.9 Å². The summed E-state index contributed by atoms with van der Waals surface area (Å²) in [6.45, 7) is 3.30. The first-order valence-electron chi connectivity index (χ1n) is 8.99. The first-order chi connectivity index (χ1) is 13.6. The Hall–Kier alpha value is -3.03. The predicted molar refractivity (Wildman–Crippen MR) is 114 cm³/mol. The fraction of sp³-hybridized carbons (Fsp3) is 0.200. The van der Waals surface area contributed by atoms with Crippen LogP contribution in [0.5, 0.6) is 0 Å². The number of nitrogen functional groups attached to an aromatic ring is 2. The molecule has 0 unspecified atom stereocenters. The van der Waals surface area contributed by atoms with Gasteiger partial charge < -0.3 is 26.4 Å². The summed E-state index contributed by atoms with van der Waals surface area (Å²) in [6, 6.07) is 15.5. The minimum absolute atomic E-state index is 0.197. The van der Waals surface area contributed by atoms with Gasteiger partial charge in [-0.05, 0) is 30.3 Å². The SMILES string of the molecule is Nc1ccccc1-c1nc(Nc2ccc(N3CCOCC3)cc2)nc(N)c1Cl. The standard InChI is InChI=1S/C20H21ClN6O/c21-17-18(15-3-1-2-4-16(15)22)25-20(26-19(17)23)24-13-5-7-14(8-6-13)27-9-11-28-12-10-27/h1-8H,9-12,22H2,(H3,23,24,25,26). The van der Waals surface area contributed by atoms with Crippen LogP contribution in [-0.2, 0) is 4.74 Å². The van der Waals surface area contributed by atoms with Crippen molar-refractivity contribution in [3.63, 3.8) is 0 Å². The number of aromatic nitrogens is 2. The Morgan fingerprint density at radius 3 is 2.39 bits per heavy atom. The van der Waals surface area contributed by atoms with Crippen LogP contribution in [0, 0.1) is 0 Å². The van der Waals surface area contributed by atoms with Gasteiger partial charge in [0, 0.05) is 35.7 Å². The Kier molecular flexibility index (Phi) is 5.18. The highest BCUT2D eigenvalue weighted by Gasteiger charge is 2.15. The Balaban J connectivity index is 1.59. The molecule has 0 radical (unpaired) electrons. The molecular weight excluding hydrogens is 376 g/mol. The number of anilines is 5. The van der Waals surface area contributed by atoms with Crippen molar-refractivity contribution in [2.24, 2.45) is 0 Å². The first kappa shape index (κ1) is 18.3. The molecule has 2 heterocycles. The number of hydrogen-bond donors (Lipinski definition) is 3. The van der Waals surface area contributed by atoms with Crippen molar-refractivity contribution in [2.75, 3.05) is 48.0 Å². The number of benzene rings is 2. The van der Waals surface area contributed by atoms with E-state index >= 15 is 0 Å². The minimum Gasteiger partial charge on any atom is -0.398 e. The van der Waals surface area contributed by atoms with Gasteiger partial charge in [0.25, 0.3) is 0 Å². The molecule has 4 rings (SSSR count). The van der Waals surface area contributed by atoms with Crippen LogP contribution in [0.15, 0.2) is 48.5 Å². The summed E-state index contributed by atoms with van der Waals surface area (Å²) in [5.41, 5.74) is 15.9. The summed E-state index contributed by atoms with van der Waals surface area (Å²) in [5, 5.41) is 3.47. The third kappa shape index (κ3) is 3.81. The van der Waals surface area contributed by atoms with Crippen molar-refractivity contribution in [1.29, 1.82) is 0 Å². The number of rotatable bonds is 4. The minimum atomic E-state index is 0.197. The molecule has 1 aromatic heterocycles. The lowest BCUT2D eigenvalue weighted by molar-refractivity contribution is 0.122. The van der Waals surface area contributed by atoms with Crippen molar-refractivity contribution in [3.05, 3.63) is 53.6 Å². The van der Waals surface area contributed by atoms with E-state index in [9.17, 15) is 0 Å². The van der Waals surface area contributed by atoms with Crippen molar-refractivity contribution in [1.82, 2.24) is 9.97 Å². The number of ether oxygens (including phenoxy) is 1. The van der Waals surface area contributed by atoms with Crippen molar-refractivity contribution in [2.45, 2.75) is 0 Å². The van der Waals surface area contributed by atoms with E-state index in [2.05, 4.69) is 32.3 Å². The van der Waals surface area contributed by atoms with E-state index in [-0.39, 0.29) is 10.8 Å². The molecular formula is C20H21ClN6O. The second-order valence-corrected chi connectivity index (χ2v) is 6.83. The zero-order valence-corrected chi connectivity index (χ0v) is 16.0. The van der Waals surface area contributed by atoms with Crippen LogP contribution >= 0.6 is 11.6 Å². The molecule has 1 aliphatic heterocycles. The van der Waals surface area contributed by atoms with E-state index in [1.165, 1.54) is 0 Å². The molecule has 0 bridgehead atoms. The summed E-state index contributed by atoms with van der Waals surface area (Å²) in [4.78, 5) is 11.1. The zero-order chi connectivity index (χ0) is 19.5. The van der Waals surface area contributed by atoms with E-state index in [0.717, 1.165) is 37.7 Å². The number of nitrogens with two attached hydrogens (primary N) is 2. The highest BCUT2D eigenvalue weighted by Crippen LogP contribution is 2.34. The molecule has 5 N–H and O–H groups in total. The lowest BCUT2D eigenvalue weighted by atomic mass is 10.1. The zero-order valence-electron chi connectivity index (χ0n) is 15.2. The number of morpholine rings is 1. The molecule has 1 fully saturated rings. The van der Waals surface area contributed by atoms with E-state index in [4.69, 9.17) is 27.8 Å². The largest absolute Gasteiger partial charge is 0.398 e.